The molecule has 17 heavy (non-hydrogen) atoms. The highest BCUT2D eigenvalue weighted by atomic mass is 16.4. The van der Waals surface area contributed by atoms with Crippen LogP contribution in [-0.4, -0.2) is 45.7 Å². The molecule has 0 saturated heterocycles. The van der Waals surface area contributed by atoms with Crippen molar-refractivity contribution in [3.63, 3.8) is 0 Å². The number of anilines is 1. The lowest BCUT2D eigenvalue weighted by atomic mass is 10.2. The smallest absolute Gasteiger partial charge is 0.341 e. The predicted octanol–water partition coefficient (Wildman–Crippen LogP) is 0.411. The minimum Gasteiger partial charge on any atom is -0.477 e. The van der Waals surface area contributed by atoms with Crippen LogP contribution in [0.15, 0.2) is 12.7 Å². The number of aromatic carboxylic acids is 1. The van der Waals surface area contributed by atoms with Gasteiger partial charge in [0.05, 0.1) is 12.3 Å². The van der Waals surface area contributed by atoms with Crippen LogP contribution in [0.1, 0.15) is 16.1 Å². The van der Waals surface area contributed by atoms with Crippen LogP contribution in [0.3, 0.4) is 0 Å². The normalized spacial score (nSPS) is 10.3. The van der Waals surface area contributed by atoms with E-state index in [2.05, 4.69) is 11.7 Å². The molecule has 0 fully saturated rings. The number of carbonyl (C=O) groups is 1. The number of aliphatic hydroxyl groups is 1. The summed E-state index contributed by atoms with van der Waals surface area (Å²) in [5.41, 5.74) is 0.629. The van der Waals surface area contributed by atoms with Crippen LogP contribution in [0.25, 0.3) is 0 Å². The monoisotopic (exact) mass is 239 g/mol. The van der Waals surface area contributed by atoms with Crippen molar-refractivity contribution in [3.05, 3.63) is 23.9 Å². The Bertz CT molecular complexity index is 426. The van der Waals surface area contributed by atoms with Gasteiger partial charge < -0.3 is 15.1 Å². The Balaban J connectivity index is 3.25. The van der Waals surface area contributed by atoms with E-state index in [-0.39, 0.29) is 12.2 Å². The number of hydrogen-bond acceptors (Lipinski definition) is 4. The Kier molecular flexibility index (Phi) is 4.28. The van der Waals surface area contributed by atoms with E-state index < -0.39 is 5.97 Å². The van der Waals surface area contributed by atoms with Crippen molar-refractivity contribution in [2.75, 3.05) is 24.6 Å². The molecule has 0 aromatic carbocycles. The molecule has 0 aliphatic rings. The summed E-state index contributed by atoms with van der Waals surface area (Å²) in [6.07, 6.45) is 1.66. The minimum absolute atomic E-state index is 0.0584. The highest BCUT2D eigenvalue weighted by Crippen LogP contribution is 2.22. The van der Waals surface area contributed by atoms with Gasteiger partial charge in [-0.15, -0.1) is 6.58 Å². The number of aromatic nitrogens is 2. The molecule has 0 amide bonds. The molecule has 0 aliphatic carbocycles. The highest BCUT2D eigenvalue weighted by Gasteiger charge is 2.23. The van der Waals surface area contributed by atoms with Gasteiger partial charge in [-0.2, -0.15) is 5.10 Å². The summed E-state index contributed by atoms with van der Waals surface area (Å²) < 4.78 is 1.51. The van der Waals surface area contributed by atoms with Crippen LogP contribution in [-0.2, 0) is 7.05 Å². The molecule has 0 spiro atoms. The second-order valence-corrected chi connectivity index (χ2v) is 3.67. The van der Waals surface area contributed by atoms with E-state index in [1.54, 1.807) is 24.9 Å². The Morgan fingerprint density at radius 1 is 1.65 bits per heavy atom. The Labute approximate surface area is 99.8 Å². The predicted molar refractivity (Wildman–Crippen MR) is 64.4 cm³/mol. The topological polar surface area (TPSA) is 78.6 Å². The maximum atomic E-state index is 11.2. The Hall–Kier alpha value is -1.82. The number of carboxylic acid groups (broad SMARTS) is 1. The van der Waals surface area contributed by atoms with Crippen molar-refractivity contribution in [2.45, 2.75) is 6.92 Å². The fourth-order valence-corrected chi connectivity index (χ4v) is 1.82. The zero-order valence-electron chi connectivity index (χ0n) is 10.1. The third-order valence-corrected chi connectivity index (χ3v) is 2.42. The molecule has 1 aromatic heterocycles. The summed E-state index contributed by atoms with van der Waals surface area (Å²) in [7, 11) is 1.68. The number of nitrogens with zero attached hydrogens (tertiary/aromatic N) is 3. The summed E-state index contributed by atoms with van der Waals surface area (Å²) in [5.74, 6) is -0.526. The van der Waals surface area contributed by atoms with Gasteiger partial charge in [0.1, 0.15) is 11.4 Å². The summed E-state index contributed by atoms with van der Waals surface area (Å²) in [5, 5.41) is 22.3. The van der Waals surface area contributed by atoms with Crippen LogP contribution in [0.4, 0.5) is 5.82 Å². The SMILES string of the molecule is C=CCN(CCO)c1c(C(=O)O)c(C)nn1C. The van der Waals surface area contributed by atoms with Crippen LogP contribution < -0.4 is 4.90 Å². The van der Waals surface area contributed by atoms with Gasteiger partial charge in [-0.25, -0.2) is 4.79 Å². The molecule has 0 atom stereocenters. The minimum atomic E-state index is -1.02. The van der Waals surface area contributed by atoms with Crippen LogP contribution in [0, 0.1) is 6.92 Å². The number of aryl methyl sites for hydroxylation is 2. The molecule has 1 rings (SSSR count). The lowest BCUT2D eigenvalue weighted by Crippen LogP contribution is -2.30. The zero-order chi connectivity index (χ0) is 13.0. The van der Waals surface area contributed by atoms with Gasteiger partial charge in [-0.3, -0.25) is 4.68 Å². The first kappa shape index (κ1) is 13.2. The van der Waals surface area contributed by atoms with Crippen molar-refractivity contribution in [3.8, 4) is 0 Å². The van der Waals surface area contributed by atoms with Crippen LogP contribution in [0.5, 0.6) is 0 Å². The van der Waals surface area contributed by atoms with E-state index in [1.165, 1.54) is 4.68 Å². The van der Waals surface area contributed by atoms with Crippen molar-refractivity contribution in [1.29, 1.82) is 0 Å². The van der Waals surface area contributed by atoms with Crippen LogP contribution in [0.2, 0.25) is 0 Å². The molecule has 0 radical (unpaired) electrons. The fourth-order valence-electron chi connectivity index (χ4n) is 1.82. The van der Waals surface area contributed by atoms with Gasteiger partial charge in [0.15, 0.2) is 0 Å². The van der Waals surface area contributed by atoms with E-state index in [0.717, 1.165) is 0 Å². The second kappa shape index (κ2) is 5.49. The molecule has 2 N–H and O–H groups in total. The van der Waals surface area contributed by atoms with E-state index in [4.69, 9.17) is 5.11 Å². The second-order valence-electron chi connectivity index (χ2n) is 3.67. The standard InChI is InChI=1S/C11H17N3O3/c1-4-5-14(6-7-15)10-9(11(16)17)8(2)12-13(10)3/h4,15H,1,5-7H2,2-3H3,(H,16,17). The summed E-state index contributed by atoms with van der Waals surface area (Å²) in [4.78, 5) is 12.9. The quantitative estimate of drug-likeness (QED) is 0.703. The number of aliphatic hydroxyl groups excluding tert-OH is 1. The third-order valence-electron chi connectivity index (χ3n) is 2.42. The fraction of sp³-hybridized carbons (Fsp3) is 0.455. The molecule has 0 aliphatic heterocycles. The molecule has 1 aromatic rings. The lowest BCUT2D eigenvalue weighted by molar-refractivity contribution is 0.0696. The first-order chi connectivity index (χ1) is 8.02. The highest BCUT2D eigenvalue weighted by molar-refractivity contribution is 5.94. The molecule has 94 valence electrons. The van der Waals surface area contributed by atoms with E-state index in [1.807, 2.05) is 0 Å². The Morgan fingerprint density at radius 2 is 2.29 bits per heavy atom. The van der Waals surface area contributed by atoms with Gasteiger partial charge in [0.2, 0.25) is 0 Å². The molecule has 6 nitrogen and oxygen atoms in total. The van der Waals surface area contributed by atoms with Gasteiger partial charge in [-0.1, -0.05) is 6.08 Å². The largest absolute Gasteiger partial charge is 0.477 e. The molecule has 0 unspecified atom stereocenters. The molecule has 0 bridgehead atoms. The summed E-state index contributed by atoms with van der Waals surface area (Å²) in [6.45, 7) is 6.01. The van der Waals surface area contributed by atoms with E-state index in [9.17, 15) is 9.90 Å². The first-order valence-electron chi connectivity index (χ1n) is 5.26. The molecule has 0 saturated carbocycles. The summed E-state index contributed by atoms with van der Waals surface area (Å²) >= 11 is 0. The number of hydrogen-bond donors (Lipinski definition) is 2. The van der Waals surface area contributed by atoms with Crippen LogP contribution >= 0.6 is 0 Å². The Morgan fingerprint density at radius 3 is 2.76 bits per heavy atom. The van der Waals surface area contributed by atoms with Gasteiger partial charge >= 0.3 is 5.97 Å². The molecule has 1 heterocycles. The van der Waals surface area contributed by atoms with Crippen molar-refractivity contribution < 1.29 is 15.0 Å². The van der Waals surface area contributed by atoms with Gasteiger partial charge in [0, 0.05) is 20.1 Å². The van der Waals surface area contributed by atoms with Crippen molar-refractivity contribution >= 4 is 11.8 Å². The van der Waals surface area contributed by atoms with Gasteiger partial charge in [0.25, 0.3) is 0 Å². The zero-order valence-corrected chi connectivity index (χ0v) is 10.1. The van der Waals surface area contributed by atoms with Gasteiger partial charge in [-0.05, 0) is 6.92 Å². The number of carboxylic acids is 1. The maximum Gasteiger partial charge on any atom is 0.341 e. The van der Waals surface area contributed by atoms with Crippen molar-refractivity contribution in [2.24, 2.45) is 7.05 Å². The van der Waals surface area contributed by atoms with Crippen molar-refractivity contribution in [1.82, 2.24) is 9.78 Å². The van der Waals surface area contributed by atoms with E-state index >= 15 is 0 Å². The molecular weight excluding hydrogens is 222 g/mol. The first-order valence-corrected chi connectivity index (χ1v) is 5.26. The average molecular weight is 239 g/mol. The third kappa shape index (κ3) is 2.65. The van der Waals surface area contributed by atoms with E-state index in [0.29, 0.717) is 24.6 Å². The average Bonchev–Trinajstić information content (AvgIpc) is 2.53. The summed E-state index contributed by atoms with van der Waals surface area (Å²) in [6, 6.07) is 0. The maximum absolute atomic E-state index is 11.2. The number of rotatable bonds is 6. The lowest BCUT2D eigenvalue weighted by Gasteiger charge is -2.22. The molecule has 6 heteroatoms. The molecular formula is C11H17N3O3.